The number of piperazine rings is 1. The number of nitrogens with two attached hydrogens (primary N) is 1. The highest BCUT2D eigenvalue weighted by molar-refractivity contribution is 5.97. The van der Waals surface area contributed by atoms with Gasteiger partial charge >= 0.3 is 0 Å². The maximum Gasteiger partial charge on any atom is 0.170 e. The van der Waals surface area contributed by atoms with E-state index in [4.69, 9.17) is 10.9 Å². The number of rotatable bonds is 2. The number of aromatic nitrogens is 1. The lowest BCUT2D eigenvalue weighted by Crippen LogP contribution is -2.55. The van der Waals surface area contributed by atoms with Gasteiger partial charge in [-0.2, -0.15) is 0 Å². The molecule has 6 heteroatoms. The summed E-state index contributed by atoms with van der Waals surface area (Å²) in [7, 11) is 2.15. The van der Waals surface area contributed by atoms with Crippen LogP contribution in [0.25, 0.3) is 0 Å². The second-order valence-electron chi connectivity index (χ2n) is 5.16. The molecule has 0 spiro atoms. The third kappa shape index (κ3) is 2.78. The van der Waals surface area contributed by atoms with E-state index in [9.17, 15) is 0 Å². The fraction of sp³-hybridized carbons (Fsp3) is 0.538. The number of oxime groups is 1. The molecule has 1 aliphatic heterocycles. The number of hydrogen-bond acceptors (Lipinski definition) is 5. The molecule has 1 fully saturated rings. The van der Waals surface area contributed by atoms with Crippen LogP contribution < -0.4 is 10.6 Å². The molecule has 1 saturated heterocycles. The molecule has 6 nitrogen and oxygen atoms in total. The summed E-state index contributed by atoms with van der Waals surface area (Å²) in [6, 6.07) is 4.54. The normalized spacial score (nSPS) is 25.6. The van der Waals surface area contributed by atoms with Crippen molar-refractivity contribution >= 4 is 11.7 Å². The minimum atomic E-state index is 0.110. The Balaban J connectivity index is 2.23. The van der Waals surface area contributed by atoms with Gasteiger partial charge in [0.1, 0.15) is 5.82 Å². The highest BCUT2D eigenvalue weighted by atomic mass is 16.4. The van der Waals surface area contributed by atoms with Crippen LogP contribution in [0.4, 0.5) is 5.82 Å². The molecule has 2 unspecified atom stereocenters. The first-order chi connectivity index (χ1) is 9.02. The fourth-order valence-corrected chi connectivity index (χ4v) is 2.40. The Morgan fingerprint density at radius 2 is 2.05 bits per heavy atom. The molecule has 0 aromatic carbocycles. The highest BCUT2D eigenvalue weighted by Gasteiger charge is 2.27. The lowest BCUT2D eigenvalue weighted by Gasteiger charge is -2.43. The molecular formula is C13H21N5O. The number of amidine groups is 1. The predicted molar refractivity (Wildman–Crippen MR) is 75.6 cm³/mol. The second kappa shape index (κ2) is 5.44. The minimum Gasteiger partial charge on any atom is -0.409 e. The molecule has 19 heavy (non-hydrogen) atoms. The number of nitrogens with zero attached hydrogens (tertiary/aromatic N) is 4. The van der Waals surface area contributed by atoms with Crippen LogP contribution in [-0.2, 0) is 0 Å². The molecule has 1 aromatic heterocycles. The van der Waals surface area contributed by atoms with E-state index in [1.165, 1.54) is 0 Å². The predicted octanol–water partition coefficient (Wildman–Crippen LogP) is 0.705. The van der Waals surface area contributed by atoms with Gasteiger partial charge in [-0.3, -0.25) is 4.90 Å². The molecule has 0 aliphatic carbocycles. The molecule has 1 aliphatic rings. The van der Waals surface area contributed by atoms with Crippen molar-refractivity contribution in [3.63, 3.8) is 0 Å². The van der Waals surface area contributed by atoms with Gasteiger partial charge in [-0.15, -0.1) is 0 Å². The van der Waals surface area contributed by atoms with Gasteiger partial charge in [-0.05, 0) is 33.0 Å². The van der Waals surface area contributed by atoms with E-state index in [-0.39, 0.29) is 5.84 Å². The van der Waals surface area contributed by atoms with E-state index in [2.05, 4.69) is 40.8 Å². The first-order valence-electron chi connectivity index (χ1n) is 6.43. The van der Waals surface area contributed by atoms with Crippen LogP contribution in [0, 0.1) is 0 Å². The van der Waals surface area contributed by atoms with E-state index in [1.807, 2.05) is 6.07 Å². The topological polar surface area (TPSA) is 78.0 Å². The van der Waals surface area contributed by atoms with Crippen LogP contribution in [0.5, 0.6) is 0 Å². The quantitative estimate of drug-likeness (QED) is 0.355. The van der Waals surface area contributed by atoms with Crippen molar-refractivity contribution in [2.75, 3.05) is 25.0 Å². The summed E-state index contributed by atoms with van der Waals surface area (Å²) in [6.45, 7) is 6.26. The maximum absolute atomic E-state index is 8.73. The van der Waals surface area contributed by atoms with Crippen LogP contribution in [0.15, 0.2) is 23.5 Å². The monoisotopic (exact) mass is 263 g/mol. The molecular weight excluding hydrogens is 242 g/mol. The summed E-state index contributed by atoms with van der Waals surface area (Å²) in [6.07, 6.45) is 1.69. The van der Waals surface area contributed by atoms with Crippen molar-refractivity contribution in [2.45, 2.75) is 25.9 Å². The third-order valence-corrected chi connectivity index (χ3v) is 3.83. The Kier molecular flexibility index (Phi) is 3.90. The van der Waals surface area contributed by atoms with Gasteiger partial charge in [0.05, 0.1) is 0 Å². The minimum absolute atomic E-state index is 0.110. The average Bonchev–Trinajstić information content (AvgIpc) is 2.43. The first kappa shape index (κ1) is 13.6. The smallest absolute Gasteiger partial charge is 0.170 e. The Morgan fingerprint density at radius 3 is 2.63 bits per heavy atom. The number of likely N-dealkylation sites (N-methyl/N-ethyl adjacent to an activating group) is 1. The molecule has 1 aromatic rings. The van der Waals surface area contributed by atoms with Gasteiger partial charge in [-0.1, -0.05) is 5.16 Å². The number of anilines is 1. The van der Waals surface area contributed by atoms with Crippen LogP contribution in [-0.4, -0.2) is 53.1 Å². The van der Waals surface area contributed by atoms with Gasteiger partial charge in [0.25, 0.3) is 0 Å². The Labute approximate surface area is 113 Å². The average molecular weight is 263 g/mol. The van der Waals surface area contributed by atoms with Crippen LogP contribution in [0.1, 0.15) is 19.4 Å². The molecule has 0 bridgehead atoms. The Bertz CT molecular complexity index is 464. The molecule has 2 heterocycles. The van der Waals surface area contributed by atoms with Crippen molar-refractivity contribution in [3.8, 4) is 0 Å². The van der Waals surface area contributed by atoms with Crippen molar-refractivity contribution in [3.05, 3.63) is 23.9 Å². The van der Waals surface area contributed by atoms with Gasteiger partial charge in [0, 0.05) is 36.9 Å². The third-order valence-electron chi connectivity index (χ3n) is 3.83. The van der Waals surface area contributed by atoms with Crippen molar-refractivity contribution in [1.82, 2.24) is 9.88 Å². The van der Waals surface area contributed by atoms with Crippen molar-refractivity contribution in [2.24, 2.45) is 10.9 Å². The molecule has 0 saturated carbocycles. The lowest BCUT2D eigenvalue weighted by atomic mass is 10.1. The summed E-state index contributed by atoms with van der Waals surface area (Å²) in [5, 5.41) is 11.8. The SMILES string of the molecule is CC1CN(c2cc(/C(N)=N/O)ccn2)CC(C)N1C. The fourth-order valence-electron chi connectivity index (χ4n) is 2.40. The summed E-state index contributed by atoms with van der Waals surface area (Å²) in [4.78, 5) is 8.99. The van der Waals surface area contributed by atoms with Crippen molar-refractivity contribution < 1.29 is 5.21 Å². The largest absolute Gasteiger partial charge is 0.409 e. The maximum atomic E-state index is 8.73. The summed E-state index contributed by atoms with van der Waals surface area (Å²) in [5.74, 6) is 0.981. The van der Waals surface area contributed by atoms with E-state index < -0.39 is 0 Å². The standard InChI is InChI=1S/C13H21N5O/c1-9-7-18(8-10(2)17(9)3)12-6-11(4-5-15-12)13(14)16-19/h4-6,9-10,19H,7-8H2,1-3H3,(H2,14,16). The molecule has 2 atom stereocenters. The summed E-state index contributed by atoms with van der Waals surface area (Å²) in [5.41, 5.74) is 6.30. The zero-order chi connectivity index (χ0) is 14.0. The number of pyridine rings is 1. The van der Waals surface area contributed by atoms with E-state index in [0.717, 1.165) is 18.9 Å². The lowest BCUT2D eigenvalue weighted by molar-refractivity contribution is 0.169. The van der Waals surface area contributed by atoms with Crippen LogP contribution >= 0.6 is 0 Å². The van der Waals surface area contributed by atoms with Gasteiger partial charge in [0.15, 0.2) is 5.84 Å². The van der Waals surface area contributed by atoms with E-state index in [0.29, 0.717) is 17.6 Å². The molecule has 0 radical (unpaired) electrons. The Morgan fingerprint density at radius 1 is 1.42 bits per heavy atom. The molecule has 2 rings (SSSR count). The van der Waals surface area contributed by atoms with Crippen LogP contribution in [0.2, 0.25) is 0 Å². The molecule has 104 valence electrons. The van der Waals surface area contributed by atoms with Gasteiger partial charge in [0.2, 0.25) is 0 Å². The summed E-state index contributed by atoms with van der Waals surface area (Å²) < 4.78 is 0. The van der Waals surface area contributed by atoms with Crippen molar-refractivity contribution in [1.29, 1.82) is 0 Å². The highest BCUT2D eigenvalue weighted by Crippen LogP contribution is 2.20. The summed E-state index contributed by atoms with van der Waals surface area (Å²) >= 11 is 0. The number of hydrogen-bond donors (Lipinski definition) is 2. The van der Waals surface area contributed by atoms with Gasteiger partial charge in [-0.25, -0.2) is 4.98 Å². The second-order valence-corrected chi connectivity index (χ2v) is 5.16. The zero-order valence-corrected chi connectivity index (χ0v) is 11.6. The Hall–Kier alpha value is -1.82. The van der Waals surface area contributed by atoms with E-state index >= 15 is 0 Å². The zero-order valence-electron chi connectivity index (χ0n) is 11.6. The first-order valence-corrected chi connectivity index (χ1v) is 6.43. The molecule has 0 amide bonds. The van der Waals surface area contributed by atoms with E-state index in [1.54, 1.807) is 12.3 Å². The van der Waals surface area contributed by atoms with Gasteiger partial charge < -0.3 is 15.8 Å². The molecule has 3 N–H and O–H groups in total. The van der Waals surface area contributed by atoms with Crippen LogP contribution in [0.3, 0.4) is 0 Å².